The Kier molecular flexibility index (Phi) is 6.52. The maximum absolute atomic E-state index is 14.2. The molecule has 1 N–H and O–H groups in total. The van der Waals surface area contributed by atoms with Gasteiger partial charge >= 0.3 is 0 Å². The van der Waals surface area contributed by atoms with Gasteiger partial charge in [-0.05, 0) is 13.0 Å². The van der Waals surface area contributed by atoms with Crippen molar-refractivity contribution in [1.29, 1.82) is 0 Å². The van der Waals surface area contributed by atoms with E-state index in [-0.39, 0.29) is 24.3 Å². The largest absolute Gasteiger partial charge is 0.493 e. The van der Waals surface area contributed by atoms with E-state index < -0.39 is 0 Å². The van der Waals surface area contributed by atoms with Crippen molar-refractivity contribution in [2.75, 3.05) is 40.4 Å². The van der Waals surface area contributed by atoms with Gasteiger partial charge in [0.1, 0.15) is 5.82 Å². The highest BCUT2D eigenvalue weighted by Gasteiger charge is 2.22. The van der Waals surface area contributed by atoms with E-state index in [1.165, 1.54) is 13.2 Å². The first-order valence-electron chi connectivity index (χ1n) is 6.53. The second kappa shape index (κ2) is 7.67. The second-order valence-corrected chi connectivity index (χ2v) is 4.69. The van der Waals surface area contributed by atoms with Gasteiger partial charge < -0.3 is 14.8 Å². The molecule has 0 amide bonds. The molecule has 1 aliphatic heterocycles. The fraction of sp³-hybridized carbons (Fsp3) is 0.571. The predicted octanol–water partition coefficient (Wildman–Crippen LogP) is 2.23. The van der Waals surface area contributed by atoms with Crippen molar-refractivity contribution >= 4 is 12.4 Å². The number of ether oxygens (including phenoxy) is 2. The lowest BCUT2D eigenvalue weighted by Crippen LogP contribution is -2.44. The Bertz CT molecular complexity index is 439. The highest BCUT2D eigenvalue weighted by Crippen LogP contribution is 2.34. The zero-order chi connectivity index (χ0) is 13.8. The first-order chi connectivity index (χ1) is 9.17. The molecule has 1 heterocycles. The van der Waals surface area contributed by atoms with Crippen LogP contribution >= 0.6 is 12.4 Å². The molecule has 2 rings (SSSR count). The predicted molar refractivity (Wildman–Crippen MR) is 79.6 cm³/mol. The second-order valence-electron chi connectivity index (χ2n) is 4.69. The van der Waals surface area contributed by atoms with Crippen LogP contribution in [0.5, 0.6) is 11.5 Å². The van der Waals surface area contributed by atoms with Crippen molar-refractivity contribution in [3.8, 4) is 11.5 Å². The topological polar surface area (TPSA) is 33.7 Å². The lowest BCUT2D eigenvalue weighted by Gasteiger charge is -2.33. The summed E-state index contributed by atoms with van der Waals surface area (Å²) in [5, 5.41) is 3.30. The Balaban J connectivity index is 0.00000200. The molecule has 0 aliphatic carbocycles. The molecule has 20 heavy (non-hydrogen) atoms. The van der Waals surface area contributed by atoms with Crippen LogP contribution in [0.1, 0.15) is 18.5 Å². The van der Waals surface area contributed by atoms with E-state index in [1.54, 1.807) is 13.2 Å². The van der Waals surface area contributed by atoms with E-state index in [0.29, 0.717) is 17.1 Å². The van der Waals surface area contributed by atoms with Crippen molar-refractivity contribution in [2.45, 2.75) is 13.0 Å². The van der Waals surface area contributed by atoms with E-state index in [1.807, 2.05) is 6.92 Å². The van der Waals surface area contributed by atoms with Crippen molar-refractivity contribution < 1.29 is 13.9 Å². The van der Waals surface area contributed by atoms with Crippen LogP contribution < -0.4 is 14.8 Å². The number of hydrogen-bond acceptors (Lipinski definition) is 4. The average Bonchev–Trinajstić information content (AvgIpc) is 2.47. The monoisotopic (exact) mass is 304 g/mol. The van der Waals surface area contributed by atoms with Gasteiger partial charge in [0.25, 0.3) is 0 Å². The van der Waals surface area contributed by atoms with Gasteiger partial charge in [0.2, 0.25) is 0 Å². The molecule has 0 saturated carbocycles. The fourth-order valence-corrected chi connectivity index (χ4v) is 2.46. The maximum atomic E-state index is 14.2. The van der Waals surface area contributed by atoms with Gasteiger partial charge in [-0.25, -0.2) is 4.39 Å². The van der Waals surface area contributed by atoms with Crippen molar-refractivity contribution in [3.63, 3.8) is 0 Å². The number of hydrogen-bond donors (Lipinski definition) is 1. The molecule has 1 aromatic rings. The van der Waals surface area contributed by atoms with Crippen LogP contribution in [-0.2, 0) is 0 Å². The van der Waals surface area contributed by atoms with E-state index in [0.717, 1.165) is 26.2 Å². The fourth-order valence-electron chi connectivity index (χ4n) is 2.46. The van der Waals surface area contributed by atoms with Gasteiger partial charge in [-0.15, -0.1) is 12.4 Å². The molecule has 0 spiro atoms. The van der Waals surface area contributed by atoms with Crippen LogP contribution in [-0.4, -0.2) is 45.3 Å². The van der Waals surface area contributed by atoms with Gasteiger partial charge in [-0.3, -0.25) is 4.90 Å². The van der Waals surface area contributed by atoms with Crippen LogP contribution in [0.2, 0.25) is 0 Å². The maximum Gasteiger partial charge on any atom is 0.163 e. The van der Waals surface area contributed by atoms with Gasteiger partial charge in [-0.1, -0.05) is 0 Å². The SMILES string of the molecule is COc1cc(F)c([C@@H](C)N2CCNCC2)cc1OC.Cl. The van der Waals surface area contributed by atoms with Crippen LogP contribution in [0.25, 0.3) is 0 Å². The van der Waals surface area contributed by atoms with Crippen LogP contribution in [0.15, 0.2) is 12.1 Å². The molecule has 0 radical (unpaired) electrons. The highest BCUT2D eigenvalue weighted by atomic mass is 35.5. The van der Waals surface area contributed by atoms with Crippen molar-refractivity contribution in [1.82, 2.24) is 10.2 Å². The average molecular weight is 305 g/mol. The zero-order valence-electron chi connectivity index (χ0n) is 12.1. The summed E-state index contributed by atoms with van der Waals surface area (Å²) in [5.74, 6) is 0.751. The Morgan fingerprint density at radius 1 is 1.15 bits per heavy atom. The summed E-state index contributed by atoms with van der Waals surface area (Å²) >= 11 is 0. The zero-order valence-corrected chi connectivity index (χ0v) is 12.9. The van der Waals surface area contributed by atoms with Gasteiger partial charge in [0.05, 0.1) is 14.2 Å². The van der Waals surface area contributed by atoms with Crippen molar-refractivity contribution in [3.05, 3.63) is 23.5 Å². The molecule has 114 valence electrons. The third-order valence-corrected chi connectivity index (χ3v) is 3.65. The molecule has 0 bridgehead atoms. The number of rotatable bonds is 4. The quantitative estimate of drug-likeness (QED) is 0.925. The summed E-state index contributed by atoms with van der Waals surface area (Å²) in [7, 11) is 3.08. The third-order valence-electron chi connectivity index (χ3n) is 3.65. The Labute approximate surface area is 125 Å². The Morgan fingerprint density at radius 3 is 2.25 bits per heavy atom. The van der Waals surface area contributed by atoms with E-state index in [2.05, 4.69) is 10.2 Å². The van der Waals surface area contributed by atoms with E-state index in [9.17, 15) is 4.39 Å². The smallest absolute Gasteiger partial charge is 0.163 e. The summed E-state index contributed by atoms with van der Waals surface area (Å²) in [6.07, 6.45) is 0. The number of piperazine rings is 1. The molecule has 1 atom stereocenters. The summed E-state index contributed by atoms with van der Waals surface area (Å²) in [6.45, 7) is 5.76. The number of methoxy groups -OCH3 is 2. The minimum Gasteiger partial charge on any atom is -0.493 e. The molecule has 4 nitrogen and oxygen atoms in total. The van der Waals surface area contributed by atoms with E-state index in [4.69, 9.17) is 9.47 Å². The Hall–Kier alpha value is -1.04. The summed E-state index contributed by atoms with van der Waals surface area (Å²) in [6, 6.07) is 3.16. The molecule has 1 saturated heterocycles. The first-order valence-corrected chi connectivity index (χ1v) is 6.53. The van der Waals surface area contributed by atoms with Crippen molar-refractivity contribution in [2.24, 2.45) is 0 Å². The Morgan fingerprint density at radius 2 is 1.70 bits per heavy atom. The van der Waals surface area contributed by atoms with Gasteiger partial charge in [0, 0.05) is 43.9 Å². The highest BCUT2D eigenvalue weighted by molar-refractivity contribution is 5.85. The van der Waals surface area contributed by atoms with Crippen LogP contribution in [0.4, 0.5) is 4.39 Å². The molecule has 6 heteroatoms. The molecule has 1 aliphatic rings. The minimum absolute atomic E-state index is 0. The van der Waals surface area contributed by atoms with E-state index >= 15 is 0 Å². The molecule has 0 unspecified atom stereocenters. The molecular weight excluding hydrogens is 283 g/mol. The molecule has 0 aromatic heterocycles. The normalized spacial score (nSPS) is 17.2. The summed E-state index contributed by atoms with van der Waals surface area (Å²) in [4.78, 5) is 2.26. The minimum atomic E-state index is -0.247. The summed E-state index contributed by atoms with van der Waals surface area (Å²) < 4.78 is 24.5. The number of benzene rings is 1. The molecule has 1 fully saturated rings. The van der Waals surface area contributed by atoms with Crippen LogP contribution in [0, 0.1) is 5.82 Å². The lowest BCUT2D eigenvalue weighted by molar-refractivity contribution is 0.182. The third kappa shape index (κ3) is 3.53. The summed E-state index contributed by atoms with van der Waals surface area (Å²) in [5.41, 5.74) is 0.652. The van der Waals surface area contributed by atoms with Gasteiger partial charge in [0.15, 0.2) is 11.5 Å². The van der Waals surface area contributed by atoms with Crippen LogP contribution in [0.3, 0.4) is 0 Å². The number of nitrogens with one attached hydrogen (secondary N) is 1. The molecule has 1 aromatic carbocycles. The first kappa shape index (κ1) is 17.0. The molecular formula is C14H22ClFN2O2. The number of nitrogens with zero attached hydrogens (tertiary/aromatic N) is 1. The number of halogens is 2. The van der Waals surface area contributed by atoms with Gasteiger partial charge in [-0.2, -0.15) is 0 Å². The lowest BCUT2D eigenvalue weighted by atomic mass is 10.0. The standard InChI is InChI=1S/C14H21FN2O2.ClH/c1-10(17-6-4-16-5-7-17)11-8-13(18-2)14(19-3)9-12(11)15;/h8-10,16H,4-7H2,1-3H3;1H/t10-;/m1./s1.